The van der Waals surface area contributed by atoms with Gasteiger partial charge in [-0.25, -0.2) is 13.1 Å². The Balaban J connectivity index is 2.06. The summed E-state index contributed by atoms with van der Waals surface area (Å²) < 4.78 is 25.5. The number of sulfonamides is 1. The van der Waals surface area contributed by atoms with Gasteiger partial charge in [0.2, 0.25) is 9.47 Å². The molecule has 1 heterocycles. The van der Waals surface area contributed by atoms with Gasteiger partial charge in [0.05, 0.1) is 0 Å². The van der Waals surface area contributed by atoms with Crippen LogP contribution < -0.4 is 10.5 Å². The van der Waals surface area contributed by atoms with Gasteiger partial charge in [0.1, 0.15) is 0 Å². The molecule has 6 nitrogen and oxygen atoms in total. The molecule has 14 heavy (non-hydrogen) atoms. The number of aromatic nitrogens is 2. The number of hydrogen-bond donors (Lipinski definition) is 2. The fourth-order valence-corrected chi connectivity index (χ4v) is 2.88. The number of nitrogens with zero attached hydrogens (tertiary/aromatic N) is 2. The predicted octanol–water partition coefficient (Wildman–Crippen LogP) is -0.191. The summed E-state index contributed by atoms with van der Waals surface area (Å²) in [6, 6.07) is 0. The molecule has 0 spiro atoms. The van der Waals surface area contributed by atoms with Gasteiger partial charge in [-0.15, -0.1) is 10.2 Å². The zero-order valence-electron chi connectivity index (χ0n) is 7.30. The number of rotatable bonds is 4. The number of hydrogen-bond acceptors (Lipinski definition) is 6. The number of nitrogen functional groups attached to an aromatic ring is 1. The van der Waals surface area contributed by atoms with E-state index in [1.54, 1.807) is 0 Å². The average molecular weight is 234 g/mol. The second-order valence-corrected chi connectivity index (χ2v) is 6.15. The van der Waals surface area contributed by atoms with Crippen LogP contribution in [0.1, 0.15) is 12.8 Å². The second kappa shape index (κ2) is 3.44. The van der Waals surface area contributed by atoms with Gasteiger partial charge >= 0.3 is 0 Å². The lowest BCUT2D eigenvalue weighted by molar-refractivity contribution is 0.575. The Morgan fingerprint density at radius 3 is 2.71 bits per heavy atom. The van der Waals surface area contributed by atoms with Crippen molar-refractivity contribution >= 4 is 26.5 Å². The summed E-state index contributed by atoms with van der Waals surface area (Å²) in [5.41, 5.74) is 5.30. The van der Waals surface area contributed by atoms with E-state index in [2.05, 4.69) is 14.9 Å². The maximum Gasteiger partial charge on any atom is 0.269 e. The Morgan fingerprint density at radius 1 is 1.50 bits per heavy atom. The minimum atomic E-state index is -3.48. The summed E-state index contributed by atoms with van der Waals surface area (Å²) in [5, 5.41) is 7.10. The average Bonchev–Trinajstić information content (AvgIpc) is 2.85. The van der Waals surface area contributed by atoms with Gasteiger partial charge in [0.25, 0.3) is 10.0 Å². The minimum absolute atomic E-state index is 0.0596. The minimum Gasteiger partial charge on any atom is -0.374 e. The van der Waals surface area contributed by atoms with Crippen molar-refractivity contribution in [2.75, 3.05) is 12.3 Å². The lowest BCUT2D eigenvalue weighted by atomic mass is 10.4. The third-order valence-corrected chi connectivity index (χ3v) is 4.45. The van der Waals surface area contributed by atoms with Crippen LogP contribution in [0.5, 0.6) is 0 Å². The summed E-state index contributed by atoms with van der Waals surface area (Å²) in [7, 11) is -3.48. The Labute approximate surface area is 85.6 Å². The molecule has 0 bridgehead atoms. The zero-order chi connectivity index (χ0) is 10.2. The van der Waals surface area contributed by atoms with E-state index in [1.165, 1.54) is 0 Å². The van der Waals surface area contributed by atoms with Gasteiger partial charge < -0.3 is 5.73 Å². The van der Waals surface area contributed by atoms with Crippen molar-refractivity contribution in [1.29, 1.82) is 0 Å². The molecule has 1 aromatic heterocycles. The monoisotopic (exact) mass is 234 g/mol. The molecule has 0 radical (unpaired) electrons. The van der Waals surface area contributed by atoms with Crippen LogP contribution in [0.25, 0.3) is 0 Å². The van der Waals surface area contributed by atoms with Crippen molar-refractivity contribution < 1.29 is 8.42 Å². The Morgan fingerprint density at radius 2 is 2.21 bits per heavy atom. The SMILES string of the molecule is Nc1nnc(S(=O)(=O)NCC2CC2)s1. The molecule has 1 aliphatic rings. The van der Waals surface area contributed by atoms with Gasteiger partial charge in [0.15, 0.2) is 0 Å². The van der Waals surface area contributed by atoms with Gasteiger partial charge in [-0.1, -0.05) is 11.3 Å². The van der Waals surface area contributed by atoms with Crippen molar-refractivity contribution in [3.63, 3.8) is 0 Å². The Kier molecular flexibility index (Phi) is 2.41. The van der Waals surface area contributed by atoms with Crippen LogP contribution in [0.4, 0.5) is 5.13 Å². The Hall–Kier alpha value is -0.730. The van der Waals surface area contributed by atoms with Crippen LogP contribution in [0.3, 0.4) is 0 Å². The molecule has 0 saturated heterocycles. The lowest BCUT2D eigenvalue weighted by Gasteiger charge is -2.00. The van der Waals surface area contributed by atoms with Crippen LogP contribution in [-0.2, 0) is 10.0 Å². The molecule has 0 aromatic carbocycles. The summed E-state index contributed by atoms with van der Waals surface area (Å²) in [5.74, 6) is 0.495. The summed E-state index contributed by atoms with van der Waals surface area (Å²) >= 11 is 0.872. The van der Waals surface area contributed by atoms with E-state index in [0.29, 0.717) is 12.5 Å². The van der Waals surface area contributed by atoms with Crippen LogP contribution >= 0.6 is 11.3 Å². The molecule has 0 amide bonds. The first kappa shape index (κ1) is 9.81. The molecule has 1 aliphatic carbocycles. The first-order valence-corrected chi connectivity index (χ1v) is 6.46. The molecule has 0 atom stereocenters. The maximum atomic E-state index is 11.5. The highest BCUT2D eigenvalue weighted by atomic mass is 32.2. The molecule has 8 heteroatoms. The highest BCUT2D eigenvalue weighted by Gasteiger charge is 2.26. The number of nitrogens with one attached hydrogen (secondary N) is 1. The Bertz CT molecular complexity index is 423. The normalized spacial score (nSPS) is 17.1. The standard InChI is InChI=1S/C6H10N4O2S2/c7-5-9-10-6(13-5)14(11,12)8-3-4-1-2-4/h4,8H,1-3H2,(H2,7,9). The highest BCUT2D eigenvalue weighted by molar-refractivity contribution is 7.91. The molecule has 3 N–H and O–H groups in total. The van der Waals surface area contributed by atoms with Gasteiger partial charge in [-0.05, 0) is 18.8 Å². The zero-order valence-corrected chi connectivity index (χ0v) is 8.94. The summed E-state index contributed by atoms with van der Waals surface area (Å²) in [6.07, 6.45) is 2.20. The first-order chi connectivity index (χ1) is 6.58. The van der Waals surface area contributed by atoms with Crippen LogP contribution in [0.2, 0.25) is 0 Å². The second-order valence-electron chi connectivity index (χ2n) is 3.20. The molecule has 1 saturated carbocycles. The predicted molar refractivity (Wildman–Crippen MR) is 52.2 cm³/mol. The van der Waals surface area contributed by atoms with Gasteiger partial charge in [-0.3, -0.25) is 0 Å². The molecule has 0 aliphatic heterocycles. The fourth-order valence-electron chi connectivity index (χ4n) is 0.940. The lowest BCUT2D eigenvalue weighted by Crippen LogP contribution is -2.25. The van der Waals surface area contributed by atoms with Crippen LogP contribution in [-0.4, -0.2) is 25.2 Å². The highest BCUT2D eigenvalue weighted by Crippen LogP contribution is 2.28. The molecule has 0 unspecified atom stereocenters. The van der Waals surface area contributed by atoms with Crippen molar-refractivity contribution in [1.82, 2.24) is 14.9 Å². The van der Waals surface area contributed by atoms with E-state index in [-0.39, 0.29) is 9.47 Å². The topological polar surface area (TPSA) is 98.0 Å². The van der Waals surface area contributed by atoms with E-state index in [9.17, 15) is 8.42 Å². The number of anilines is 1. The fraction of sp³-hybridized carbons (Fsp3) is 0.667. The van der Waals surface area contributed by atoms with Gasteiger partial charge in [-0.2, -0.15) is 0 Å². The molecule has 1 aromatic rings. The van der Waals surface area contributed by atoms with Crippen LogP contribution in [0.15, 0.2) is 4.34 Å². The quantitative estimate of drug-likeness (QED) is 0.752. The van der Waals surface area contributed by atoms with E-state index >= 15 is 0 Å². The van der Waals surface area contributed by atoms with E-state index in [4.69, 9.17) is 5.73 Å². The maximum absolute atomic E-state index is 11.5. The molecule has 2 rings (SSSR count). The first-order valence-electron chi connectivity index (χ1n) is 4.16. The van der Waals surface area contributed by atoms with E-state index in [0.717, 1.165) is 24.2 Å². The molecular weight excluding hydrogens is 224 g/mol. The van der Waals surface area contributed by atoms with Gasteiger partial charge in [0, 0.05) is 6.54 Å². The van der Waals surface area contributed by atoms with E-state index in [1.807, 2.05) is 0 Å². The van der Waals surface area contributed by atoms with Crippen molar-refractivity contribution in [2.45, 2.75) is 17.2 Å². The molecule has 1 fully saturated rings. The summed E-state index contributed by atoms with van der Waals surface area (Å²) in [4.78, 5) is 0. The van der Waals surface area contributed by atoms with Crippen molar-refractivity contribution in [2.24, 2.45) is 5.92 Å². The molecular formula is C6H10N4O2S2. The third kappa shape index (κ3) is 2.20. The largest absolute Gasteiger partial charge is 0.374 e. The van der Waals surface area contributed by atoms with Crippen molar-refractivity contribution in [3.05, 3.63) is 0 Å². The summed E-state index contributed by atoms with van der Waals surface area (Å²) in [6.45, 7) is 0.488. The smallest absolute Gasteiger partial charge is 0.269 e. The van der Waals surface area contributed by atoms with Crippen molar-refractivity contribution in [3.8, 4) is 0 Å². The number of nitrogens with two attached hydrogens (primary N) is 1. The third-order valence-electron chi connectivity index (χ3n) is 1.91. The van der Waals surface area contributed by atoms with Crippen LogP contribution in [0, 0.1) is 5.92 Å². The molecule has 78 valence electrons. The van der Waals surface area contributed by atoms with E-state index < -0.39 is 10.0 Å².